The van der Waals surface area contributed by atoms with Crippen LogP contribution in [0, 0.1) is 61.7 Å². The molecule has 0 aliphatic heterocycles. The van der Waals surface area contributed by atoms with Gasteiger partial charge in [-0.3, -0.25) is 0 Å². The quantitative estimate of drug-likeness (QED) is 0.0890. The zero-order chi connectivity index (χ0) is 41.4. The number of halogens is 2. The van der Waals surface area contributed by atoms with Crippen molar-refractivity contribution in [3.8, 4) is 0 Å². The fourth-order valence-corrected chi connectivity index (χ4v) is 12.6. The average molecular weight is 998 g/mol. The van der Waals surface area contributed by atoms with E-state index in [2.05, 4.69) is 259 Å². The number of benzene rings is 6. The summed E-state index contributed by atoms with van der Waals surface area (Å²) in [6.45, 7) is 0. The third kappa shape index (κ3) is 13.0. The molecule has 60 heavy (non-hydrogen) atoms. The molecule has 2 aliphatic rings. The van der Waals surface area contributed by atoms with Crippen molar-refractivity contribution in [3.63, 3.8) is 0 Å². The van der Waals surface area contributed by atoms with Crippen LogP contribution in [0.25, 0.3) is 0 Å². The van der Waals surface area contributed by atoms with Crippen LogP contribution >= 0.6 is 34.9 Å². The zero-order valence-electron chi connectivity index (χ0n) is 34.2. The van der Waals surface area contributed by atoms with Crippen LogP contribution < -0.4 is 21.2 Å². The third-order valence-corrected chi connectivity index (χ3v) is 15.1. The van der Waals surface area contributed by atoms with E-state index in [4.69, 9.17) is 19.1 Å². The fraction of sp³-hybridized carbons (Fsp3) is 0.115. The van der Waals surface area contributed by atoms with Crippen molar-refractivity contribution in [1.29, 1.82) is 0 Å². The number of rotatable bonds is 12. The molecular formula is C52H50Cl2FeN2P2Pd+2. The molecule has 0 N–H and O–H groups in total. The van der Waals surface area contributed by atoms with E-state index in [1.807, 2.05) is 0 Å². The van der Waals surface area contributed by atoms with Crippen molar-refractivity contribution >= 4 is 56.1 Å². The summed E-state index contributed by atoms with van der Waals surface area (Å²) in [5, 5.41) is 5.56. The van der Waals surface area contributed by atoms with Crippen LogP contribution in [0.2, 0.25) is 0 Å². The summed E-state index contributed by atoms with van der Waals surface area (Å²) in [7, 11) is 17.1. The van der Waals surface area contributed by atoms with Gasteiger partial charge in [0.1, 0.15) is 0 Å². The third-order valence-electron chi connectivity index (χ3n) is 10.0. The summed E-state index contributed by atoms with van der Waals surface area (Å²) < 4.78 is 0. The molecule has 0 heterocycles. The molecular weight excluding hydrogens is 948 g/mol. The monoisotopic (exact) mass is 996 g/mol. The largest absolute Gasteiger partial charge is 2.00 e. The molecule has 0 unspecified atom stereocenters. The first kappa shape index (κ1) is 48.9. The van der Waals surface area contributed by atoms with Crippen LogP contribution in [0.3, 0.4) is 0 Å². The predicted molar refractivity (Wildman–Crippen MR) is 254 cm³/mol. The van der Waals surface area contributed by atoms with E-state index < -0.39 is 15.8 Å². The van der Waals surface area contributed by atoms with Crippen LogP contribution in [-0.4, -0.2) is 38.0 Å². The Morgan fingerprint density at radius 1 is 0.383 bits per heavy atom. The average Bonchev–Trinajstić information content (AvgIpc) is 3.94. The Morgan fingerprint density at radius 2 is 0.617 bits per heavy atom. The topological polar surface area (TPSA) is 6.48 Å². The first-order valence-corrected chi connectivity index (χ1v) is 26.2. The van der Waals surface area contributed by atoms with Gasteiger partial charge in [-0.1, -0.05) is 182 Å². The van der Waals surface area contributed by atoms with E-state index in [9.17, 15) is 0 Å². The van der Waals surface area contributed by atoms with Gasteiger partial charge in [-0.2, -0.15) is 0 Å². The smallest absolute Gasteiger partial charge is 2.00 e. The number of hydrogen-bond donors (Lipinski definition) is 0. The van der Waals surface area contributed by atoms with Gasteiger partial charge in [0.25, 0.3) is 0 Å². The van der Waals surface area contributed by atoms with Gasteiger partial charge < -0.3 is 9.80 Å². The van der Waals surface area contributed by atoms with Gasteiger partial charge in [0.15, 0.2) is 0 Å². The molecule has 0 amide bonds. The van der Waals surface area contributed by atoms with Crippen LogP contribution in [-0.2, 0) is 33.0 Å². The molecule has 6 aromatic rings. The summed E-state index contributed by atoms with van der Waals surface area (Å²) in [5.41, 5.74) is 5.54. The Balaban J connectivity index is 0.000000210. The van der Waals surface area contributed by atoms with Crippen molar-refractivity contribution < 1.29 is 33.0 Å². The van der Waals surface area contributed by atoms with E-state index in [1.165, 1.54) is 55.5 Å². The summed E-state index contributed by atoms with van der Waals surface area (Å²) in [5.74, 6) is 2.80. The maximum absolute atomic E-state index is 4.81. The van der Waals surface area contributed by atoms with Crippen molar-refractivity contribution in [2.45, 2.75) is 12.1 Å². The first-order valence-electron chi connectivity index (χ1n) is 19.5. The minimum absolute atomic E-state index is 0. The van der Waals surface area contributed by atoms with E-state index in [0.29, 0.717) is 0 Å². The van der Waals surface area contributed by atoms with Crippen LogP contribution in [0.4, 0.5) is 0 Å². The number of hydrogen-bond acceptors (Lipinski definition) is 2. The van der Waals surface area contributed by atoms with Crippen LogP contribution in [0.5, 0.6) is 0 Å². The van der Waals surface area contributed by atoms with E-state index >= 15 is 0 Å². The summed E-state index contributed by atoms with van der Waals surface area (Å²) in [6.07, 6.45) is 13.7. The Bertz CT molecular complexity index is 1810. The molecule has 8 rings (SSSR count). The predicted octanol–water partition coefficient (Wildman–Crippen LogP) is 11.7. The van der Waals surface area contributed by atoms with Crippen molar-refractivity contribution in [3.05, 3.63) is 255 Å². The molecule has 308 valence electrons. The standard InChI is InChI=1S/2C26H25NP.2ClH.Fe.Pd/c2*1-27(2)26(21-13-6-3-7-14-21)24-19-12-20-25(24)28(22-15-8-4-9-16-22)23-17-10-5-11-18-23;;;;/h2*3-20,26H,1-2H3;2*1H;;/q;;;;2*+2/p-2/t2*26-;;;;/m11..../s1. The molecule has 2 fully saturated rings. The summed E-state index contributed by atoms with van der Waals surface area (Å²) >= 11 is -0.106. The van der Waals surface area contributed by atoms with Crippen molar-refractivity contribution in [2.24, 2.45) is 0 Å². The van der Waals surface area contributed by atoms with Gasteiger partial charge >= 0.3 is 52.1 Å². The summed E-state index contributed by atoms with van der Waals surface area (Å²) in [4.78, 5) is 4.63. The molecule has 0 saturated heterocycles. The summed E-state index contributed by atoms with van der Waals surface area (Å²) in [6, 6.07) is 65.8. The van der Waals surface area contributed by atoms with Gasteiger partial charge in [0, 0.05) is 35.2 Å². The second kappa shape index (κ2) is 25.8. The molecule has 0 spiro atoms. The van der Waals surface area contributed by atoms with E-state index in [1.54, 1.807) is 0 Å². The Hall–Kier alpha value is -2.14. The SMILES string of the molecule is CN(C)[C@@H]([C]1[CH][CH][CH][C]1P(c1ccccc1)c1ccccc1)c1ccccc1.CN(C)[C@@H]([C]1[CH][CH][CH][C]1P(c1ccccc1)c1ccccc1)c1ccccc1.[Cl][Pd][Cl].[Fe+2]. The minimum Gasteiger partial charge on any atom is 2.00 e. The van der Waals surface area contributed by atoms with Gasteiger partial charge in [-0.05, 0) is 115 Å². The molecule has 0 bridgehead atoms. The molecule has 0 aromatic heterocycles. The second-order valence-electron chi connectivity index (χ2n) is 14.3. The number of nitrogens with zero attached hydrogens (tertiary/aromatic N) is 2. The Morgan fingerprint density at radius 3 is 0.850 bits per heavy atom. The van der Waals surface area contributed by atoms with Crippen molar-refractivity contribution in [2.75, 3.05) is 28.2 Å². The maximum atomic E-state index is 4.81. The van der Waals surface area contributed by atoms with Crippen molar-refractivity contribution in [1.82, 2.24) is 9.80 Å². The van der Waals surface area contributed by atoms with Gasteiger partial charge in [0.2, 0.25) is 0 Å². The minimum atomic E-state index is -0.604. The van der Waals surface area contributed by atoms with Gasteiger partial charge in [0.05, 0.1) is 0 Å². The molecule has 8 heteroatoms. The second-order valence-corrected chi connectivity index (χ2v) is 21.1. The van der Waals surface area contributed by atoms with Gasteiger partial charge in [-0.25, -0.2) is 0 Å². The maximum Gasteiger partial charge on any atom is 2.00 e. The van der Waals surface area contributed by atoms with E-state index in [0.717, 1.165) is 0 Å². The Labute approximate surface area is 391 Å². The molecule has 6 aromatic carbocycles. The molecule has 2 aliphatic carbocycles. The molecule has 2 nitrogen and oxygen atoms in total. The van der Waals surface area contributed by atoms with Gasteiger partial charge in [-0.15, -0.1) is 0 Å². The molecule has 2 saturated carbocycles. The normalized spacial score (nSPS) is 16.0. The first-order chi connectivity index (χ1) is 28.9. The van der Waals surface area contributed by atoms with Crippen LogP contribution in [0.15, 0.2) is 182 Å². The molecule has 2 atom stereocenters. The van der Waals surface area contributed by atoms with Crippen LogP contribution in [0.1, 0.15) is 23.2 Å². The van der Waals surface area contributed by atoms with E-state index in [-0.39, 0.29) is 45.1 Å². The Kier molecular flexibility index (Phi) is 21.1. The molecule has 10 radical (unpaired) electrons. The zero-order valence-corrected chi connectivity index (χ0v) is 40.1. The fourth-order valence-electron chi connectivity index (χ4n) is 7.66.